The number of hydrazone groups is 1. The first-order valence-electron chi connectivity index (χ1n) is 8.02. The van der Waals surface area contributed by atoms with Crippen LogP contribution in [0, 0.1) is 0 Å². The van der Waals surface area contributed by atoms with Gasteiger partial charge in [-0.25, -0.2) is 10.4 Å². The zero-order chi connectivity index (χ0) is 17.6. The Kier molecular flexibility index (Phi) is 5.50. The quantitative estimate of drug-likeness (QED) is 0.410. The lowest BCUT2D eigenvalue weighted by molar-refractivity contribution is -0.118. The zero-order valence-electron chi connectivity index (χ0n) is 14.1. The maximum absolute atomic E-state index is 11.9. The van der Waals surface area contributed by atoms with E-state index in [4.69, 9.17) is 4.42 Å². The van der Waals surface area contributed by atoms with E-state index in [9.17, 15) is 4.79 Å². The van der Waals surface area contributed by atoms with Gasteiger partial charge in [0.1, 0.15) is 5.52 Å². The molecule has 25 heavy (non-hydrogen) atoms. The molecular weight excluding hydrogens is 334 g/mol. The summed E-state index contributed by atoms with van der Waals surface area (Å²) >= 11 is 1.24. The van der Waals surface area contributed by atoms with Crippen LogP contribution in [0.25, 0.3) is 11.1 Å². The Morgan fingerprint density at radius 2 is 2.00 bits per heavy atom. The molecule has 0 bridgehead atoms. The molecule has 128 valence electrons. The number of para-hydroxylation sites is 2. The molecule has 3 aromatic rings. The number of carbonyl (C=O) groups is 1. The van der Waals surface area contributed by atoms with Crippen molar-refractivity contribution in [1.82, 2.24) is 10.4 Å². The van der Waals surface area contributed by atoms with Crippen LogP contribution in [0.15, 0.2) is 63.3 Å². The van der Waals surface area contributed by atoms with Crippen molar-refractivity contribution in [2.24, 2.45) is 5.10 Å². The third kappa shape index (κ3) is 4.70. The van der Waals surface area contributed by atoms with Crippen LogP contribution in [0.2, 0.25) is 0 Å². The summed E-state index contributed by atoms with van der Waals surface area (Å²) in [7, 11) is 0. The summed E-state index contributed by atoms with van der Waals surface area (Å²) in [6, 6.07) is 15.6. The number of hydrogen-bond acceptors (Lipinski definition) is 5. The number of carbonyl (C=O) groups excluding carboxylic acids is 1. The molecule has 0 spiro atoms. The molecule has 0 unspecified atom stereocenters. The number of hydrogen-bond donors (Lipinski definition) is 1. The van der Waals surface area contributed by atoms with Gasteiger partial charge in [-0.1, -0.05) is 62.0 Å². The van der Waals surface area contributed by atoms with Crippen LogP contribution in [0.3, 0.4) is 0 Å². The number of nitrogens with one attached hydrogen (secondary N) is 1. The van der Waals surface area contributed by atoms with Gasteiger partial charge < -0.3 is 4.42 Å². The fourth-order valence-electron chi connectivity index (χ4n) is 2.22. The molecule has 0 aliphatic heterocycles. The van der Waals surface area contributed by atoms with Crippen LogP contribution in [-0.4, -0.2) is 22.9 Å². The standard InChI is InChI=1S/C19H19N3O2S/c1-13(2)15-9-7-14(8-10-15)11-20-22-18(23)12-25-19-21-16-5-3-4-6-17(16)24-19/h3-11,13H,12H2,1-2H3,(H,22,23)/b20-11+. The summed E-state index contributed by atoms with van der Waals surface area (Å²) < 4.78 is 5.56. The van der Waals surface area contributed by atoms with Gasteiger partial charge >= 0.3 is 0 Å². The van der Waals surface area contributed by atoms with Crippen molar-refractivity contribution in [2.45, 2.75) is 25.0 Å². The highest BCUT2D eigenvalue weighted by Gasteiger charge is 2.08. The third-order valence-electron chi connectivity index (χ3n) is 3.61. The van der Waals surface area contributed by atoms with Gasteiger partial charge in [0, 0.05) is 0 Å². The molecule has 1 aromatic heterocycles. The van der Waals surface area contributed by atoms with Crippen molar-refractivity contribution < 1.29 is 9.21 Å². The van der Waals surface area contributed by atoms with E-state index in [1.165, 1.54) is 17.3 Å². The first-order chi connectivity index (χ1) is 12.1. The molecule has 2 aromatic carbocycles. The fourth-order valence-corrected chi connectivity index (χ4v) is 2.85. The molecule has 0 aliphatic carbocycles. The van der Waals surface area contributed by atoms with Crippen molar-refractivity contribution in [2.75, 3.05) is 5.75 Å². The number of amides is 1. The highest BCUT2D eigenvalue weighted by atomic mass is 32.2. The molecule has 1 N–H and O–H groups in total. The molecule has 0 atom stereocenters. The smallest absolute Gasteiger partial charge is 0.257 e. The molecule has 3 rings (SSSR count). The predicted molar refractivity (Wildman–Crippen MR) is 101 cm³/mol. The maximum atomic E-state index is 11.9. The lowest BCUT2D eigenvalue weighted by Crippen LogP contribution is -2.19. The van der Waals surface area contributed by atoms with E-state index in [1.54, 1.807) is 6.21 Å². The van der Waals surface area contributed by atoms with Crippen LogP contribution in [0.5, 0.6) is 0 Å². The Bertz CT molecular complexity index is 852. The van der Waals surface area contributed by atoms with Crippen LogP contribution >= 0.6 is 11.8 Å². The van der Waals surface area contributed by atoms with Gasteiger partial charge in [-0.3, -0.25) is 4.79 Å². The monoisotopic (exact) mass is 353 g/mol. The number of fused-ring (bicyclic) bond motifs is 1. The Hall–Kier alpha value is -2.60. The van der Waals surface area contributed by atoms with E-state index >= 15 is 0 Å². The highest BCUT2D eigenvalue weighted by Crippen LogP contribution is 2.22. The van der Waals surface area contributed by atoms with Crippen LogP contribution < -0.4 is 5.43 Å². The Balaban J connectivity index is 1.48. The number of aromatic nitrogens is 1. The van der Waals surface area contributed by atoms with Gasteiger partial charge in [-0.05, 0) is 29.2 Å². The Morgan fingerprint density at radius 3 is 2.72 bits per heavy atom. The van der Waals surface area contributed by atoms with Crippen molar-refractivity contribution in [1.29, 1.82) is 0 Å². The molecule has 0 radical (unpaired) electrons. The lowest BCUT2D eigenvalue weighted by atomic mass is 10.0. The number of oxazole rings is 1. The number of thioether (sulfide) groups is 1. The molecule has 1 heterocycles. The van der Waals surface area contributed by atoms with E-state index in [0.717, 1.165) is 11.1 Å². The second-order valence-electron chi connectivity index (χ2n) is 5.85. The Morgan fingerprint density at radius 1 is 1.24 bits per heavy atom. The van der Waals surface area contributed by atoms with E-state index in [2.05, 4.69) is 41.5 Å². The summed E-state index contributed by atoms with van der Waals surface area (Å²) in [5.41, 5.74) is 6.23. The lowest BCUT2D eigenvalue weighted by Gasteiger charge is -2.04. The van der Waals surface area contributed by atoms with Crippen molar-refractivity contribution in [3.8, 4) is 0 Å². The molecule has 0 saturated carbocycles. The summed E-state index contributed by atoms with van der Waals surface area (Å²) in [5.74, 6) is 0.480. The minimum Gasteiger partial charge on any atom is -0.431 e. The van der Waals surface area contributed by atoms with Gasteiger partial charge in [0.05, 0.1) is 12.0 Å². The van der Waals surface area contributed by atoms with Crippen LogP contribution in [-0.2, 0) is 4.79 Å². The molecule has 6 heteroatoms. The molecule has 0 saturated heterocycles. The van der Waals surface area contributed by atoms with E-state index < -0.39 is 0 Å². The topological polar surface area (TPSA) is 67.5 Å². The summed E-state index contributed by atoms with van der Waals surface area (Å²) in [6.45, 7) is 4.30. The van der Waals surface area contributed by atoms with Crippen LogP contribution in [0.1, 0.15) is 30.9 Å². The maximum Gasteiger partial charge on any atom is 0.257 e. The first-order valence-corrected chi connectivity index (χ1v) is 9.00. The van der Waals surface area contributed by atoms with Gasteiger partial charge in [0.15, 0.2) is 5.58 Å². The first kappa shape index (κ1) is 17.2. The predicted octanol–water partition coefficient (Wildman–Crippen LogP) is 4.19. The van der Waals surface area contributed by atoms with Gasteiger partial charge in [-0.15, -0.1) is 0 Å². The second-order valence-corrected chi connectivity index (χ2v) is 6.78. The third-order valence-corrected chi connectivity index (χ3v) is 4.44. The SMILES string of the molecule is CC(C)c1ccc(/C=N/NC(=O)CSc2nc3ccccc3o2)cc1. The minimum atomic E-state index is -0.206. The number of benzene rings is 2. The Labute approximate surface area is 150 Å². The number of rotatable bonds is 6. The zero-order valence-corrected chi connectivity index (χ0v) is 14.9. The van der Waals surface area contributed by atoms with E-state index in [1.807, 2.05) is 36.4 Å². The molecule has 5 nitrogen and oxygen atoms in total. The summed E-state index contributed by atoms with van der Waals surface area (Å²) in [5, 5.41) is 4.46. The van der Waals surface area contributed by atoms with Crippen molar-refractivity contribution >= 4 is 35.0 Å². The number of nitrogens with zero attached hydrogens (tertiary/aromatic N) is 2. The van der Waals surface area contributed by atoms with Crippen molar-refractivity contribution in [3.63, 3.8) is 0 Å². The second kappa shape index (κ2) is 7.98. The average molecular weight is 353 g/mol. The molecule has 0 aliphatic rings. The van der Waals surface area contributed by atoms with E-state index in [-0.39, 0.29) is 11.7 Å². The minimum absolute atomic E-state index is 0.191. The normalized spacial score (nSPS) is 11.5. The van der Waals surface area contributed by atoms with E-state index in [0.29, 0.717) is 16.7 Å². The van der Waals surface area contributed by atoms with Gasteiger partial charge in [0.25, 0.3) is 11.1 Å². The molecule has 0 fully saturated rings. The van der Waals surface area contributed by atoms with Gasteiger partial charge in [-0.2, -0.15) is 5.10 Å². The average Bonchev–Trinajstić information content (AvgIpc) is 3.03. The van der Waals surface area contributed by atoms with Gasteiger partial charge in [0.2, 0.25) is 0 Å². The largest absolute Gasteiger partial charge is 0.431 e. The molecule has 1 amide bonds. The summed E-state index contributed by atoms with van der Waals surface area (Å²) in [6.07, 6.45) is 1.63. The van der Waals surface area contributed by atoms with Crippen LogP contribution in [0.4, 0.5) is 0 Å². The summed E-state index contributed by atoms with van der Waals surface area (Å²) in [4.78, 5) is 16.2. The van der Waals surface area contributed by atoms with Crippen molar-refractivity contribution in [3.05, 3.63) is 59.7 Å². The molecular formula is C19H19N3O2S. The highest BCUT2D eigenvalue weighted by molar-refractivity contribution is 7.99. The fraction of sp³-hybridized carbons (Fsp3) is 0.211.